The van der Waals surface area contributed by atoms with Crippen LogP contribution in [0.1, 0.15) is 23.1 Å². The van der Waals surface area contributed by atoms with E-state index in [2.05, 4.69) is 27.3 Å². The second kappa shape index (κ2) is 7.49. The van der Waals surface area contributed by atoms with E-state index in [0.29, 0.717) is 31.9 Å². The average Bonchev–Trinajstić information content (AvgIpc) is 2.81. The molecule has 2 aromatic rings. The Balaban J connectivity index is 1.65. The van der Waals surface area contributed by atoms with E-state index in [0.717, 1.165) is 33.5 Å². The summed E-state index contributed by atoms with van der Waals surface area (Å²) in [6, 6.07) is 13.8. The lowest BCUT2D eigenvalue weighted by molar-refractivity contribution is 0.296. The summed E-state index contributed by atoms with van der Waals surface area (Å²) in [5.74, 6) is 1.58. The lowest BCUT2D eigenvalue weighted by Gasteiger charge is -2.12. The Labute approximate surface area is 144 Å². The molecule has 0 unspecified atom stereocenters. The van der Waals surface area contributed by atoms with Gasteiger partial charge in [-0.05, 0) is 51.3 Å². The van der Waals surface area contributed by atoms with E-state index in [1.165, 1.54) is 0 Å². The Morgan fingerprint density at radius 1 is 1.09 bits per heavy atom. The van der Waals surface area contributed by atoms with E-state index in [1.54, 1.807) is 0 Å². The minimum absolute atomic E-state index is 0.678. The molecule has 1 aliphatic heterocycles. The summed E-state index contributed by atoms with van der Waals surface area (Å²) in [5.41, 5.74) is 2.90. The van der Waals surface area contributed by atoms with Crippen LogP contribution in [-0.4, -0.2) is 13.2 Å². The monoisotopic (exact) mass is 372 g/mol. The zero-order valence-corrected chi connectivity index (χ0v) is 14.2. The van der Waals surface area contributed by atoms with E-state index >= 15 is 0 Å². The van der Waals surface area contributed by atoms with Crippen LogP contribution in [0.25, 0.3) is 0 Å². The van der Waals surface area contributed by atoms with Crippen molar-refractivity contribution in [2.75, 3.05) is 13.2 Å². The van der Waals surface area contributed by atoms with Gasteiger partial charge in [-0.1, -0.05) is 12.1 Å². The van der Waals surface area contributed by atoms with Gasteiger partial charge in [-0.3, -0.25) is 0 Å². The molecule has 23 heavy (non-hydrogen) atoms. The van der Waals surface area contributed by atoms with Crippen molar-refractivity contribution < 1.29 is 9.47 Å². The Hall–Kier alpha value is -2.03. The summed E-state index contributed by atoms with van der Waals surface area (Å²) in [4.78, 5) is 0. The number of nitriles is 1. The predicted octanol–water partition coefficient (Wildman–Crippen LogP) is 3.77. The molecule has 3 rings (SSSR count). The molecule has 118 valence electrons. The number of nitrogens with zero attached hydrogens (tertiary/aromatic N) is 1. The van der Waals surface area contributed by atoms with Gasteiger partial charge in [0.15, 0.2) is 11.5 Å². The smallest absolute Gasteiger partial charge is 0.175 e. The van der Waals surface area contributed by atoms with Gasteiger partial charge in [-0.2, -0.15) is 5.26 Å². The zero-order chi connectivity index (χ0) is 16.1. The molecule has 0 amide bonds. The minimum atomic E-state index is 0.678. The quantitative estimate of drug-likeness (QED) is 0.887. The zero-order valence-electron chi connectivity index (χ0n) is 12.6. The van der Waals surface area contributed by atoms with Gasteiger partial charge in [0.1, 0.15) is 0 Å². The molecule has 0 spiro atoms. The molecule has 0 saturated heterocycles. The molecule has 0 bridgehead atoms. The first-order chi connectivity index (χ1) is 11.3. The first-order valence-electron chi connectivity index (χ1n) is 7.54. The summed E-state index contributed by atoms with van der Waals surface area (Å²) < 4.78 is 12.4. The highest BCUT2D eigenvalue weighted by Crippen LogP contribution is 2.38. The van der Waals surface area contributed by atoms with Gasteiger partial charge in [0.2, 0.25) is 0 Å². The van der Waals surface area contributed by atoms with Crippen molar-refractivity contribution in [1.82, 2.24) is 5.32 Å². The summed E-state index contributed by atoms with van der Waals surface area (Å²) in [6.07, 6.45) is 0.893. The van der Waals surface area contributed by atoms with Crippen molar-refractivity contribution in [3.05, 3.63) is 57.6 Å². The van der Waals surface area contributed by atoms with Crippen LogP contribution in [0.4, 0.5) is 0 Å². The number of hydrogen-bond acceptors (Lipinski definition) is 4. The third-order valence-corrected chi connectivity index (χ3v) is 4.17. The molecule has 1 N–H and O–H groups in total. The first kappa shape index (κ1) is 15.9. The van der Waals surface area contributed by atoms with Crippen molar-refractivity contribution in [2.24, 2.45) is 0 Å². The molecule has 1 aliphatic rings. The van der Waals surface area contributed by atoms with Crippen LogP contribution < -0.4 is 14.8 Å². The van der Waals surface area contributed by atoms with Crippen LogP contribution >= 0.6 is 15.9 Å². The maximum absolute atomic E-state index is 8.93. The number of ether oxygens (including phenoxy) is 2. The van der Waals surface area contributed by atoms with E-state index in [1.807, 2.05) is 36.4 Å². The summed E-state index contributed by atoms with van der Waals surface area (Å²) in [5, 5.41) is 12.3. The Morgan fingerprint density at radius 3 is 2.78 bits per heavy atom. The van der Waals surface area contributed by atoms with Gasteiger partial charge >= 0.3 is 0 Å². The highest BCUT2D eigenvalue weighted by Gasteiger charge is 2.15. The number of hydrogen-bond donors (Lipinski definition) is 1. The Morgan fingerprint density at radius 2 is 1.91 bits per heavy atom. The van der Waals surface area contributed by atoms with Gasteiger partial charge in [0.25, 0.3) is 0 Å². The van der Waals surface area contributed by atoms with Crippen LogP contribution in [0.2, 0.25) is 0 Å². The van der Waals surface area contributed by atoms with Gasteiger partial charge in [0, 0.05) is 19.5 Å². The molecule has 0 atom stereocenters. The molecule has 1 heterocycles. The molecular weight excluding hydrogens is 356 g/mol. The highest BCUT2D eigenvalue weighted by molar-refractivity contribution is 9.10. The fourth-order valence-electron chi connectivity index (χ4n) is 2.49. The molecule has 4 nitrogen and oxygen atoms in total. The summed E-state index contributed by atoms with van der Waals surface area (Å²) in [7, 11) is 0. The van der Waals surface area contributed by atoms with Crippen molar-refractivity contribution >= 4 is 15.9 Å². The van der Waals surface area contributed by atoms with Crippen LogP contribution in [0.3, 0.4) is 0 Å². The molecular formula is C18H17BrN2O2. The SMILES string of the molecule is N#Cc1cccc(CNCc2cc(Br)c3c(c2)OCCCO3)c1. The van der Waals surface area contributed by atoms with Gasteiger partial charge in [-0.25, -0.2) is 0 Å². The minimum Gasteiger partial charge on any atom is -0.490 e. The second-order valence-electron chi connectivity index (χ2n) is 5.37. The fraction of sp³-hybridized carbons (Fsp3) is 0.278. The lowest BCUT2D eigenvalue weighted by Crippen LogP contribution is -2.13. The van der Waals surface area contributed by atoms with Crippen molar-refractivity contribution in [3.8, 4) is 17.6 Å². The standard InChI is InChI=1S/C18H17BrN2O2/c19-16-8-15(9-17-18(16)23-6-2-5-22-17)12-21-11-14-4-1-3-13(7-14)10-20/h1,3-4,7-9,21H,2,5-6,11-12H2. The van der Waals surface area contributed by atoms with Crippen molar-refractivity contribution in [2.45, 2.75) is 19.5 Å². The van der Waals surface area contributed by atoms with Crippen LogP contribution in [0.15, 0.2) is 40.9 Å². The molecule has 0 fully saturated rings. The Kier molecular flexibility index (Phi) is 5.16. The van der Waals surface area contributed by atoms with E-state index in [-0.39, 0.29) is 0 Å². The van der Waals surface area contributed by atoms with Crippen molar-refractivity contribution in [1.29, 1.82) is 5.26 Å². The normalized spacial score (nSPS) is 13.2. The molecule has 0 saturated carbocycles. The molecule has 5 heteroatoms. The van der Waals surface area contributed by atoms with E-state index in [4.69, 9.17) is 14.7 Å². The maximum Gasteiger partial charge on any atom is 0.175 e. The lowest BCUT2D eigenvalue weighted by atomic mass is 10.1. The molecule has 0 radical (unpaired) electrons. The molecule has 0 aliphatic carbocycles. The van der Waals surface area contributed by atoms with Gasteiger partial charge < -0.3 is 14.8 Å². The third-order valence-electron chi connectivity index (χ3n) is 3.58. The fourth-order valence-corrected chi connectivity index (χ4v) is 3.09. The van der Waals surface area contributed by atoms with Gasteiger partial charge in [-0.15, -0.1) is 0 Å². The summed E-state index contributed by atoms with van der Waals surface area (Å²) in [6.45, 7) is 2.78. The third kappa shape index (κ3) is 4.04. The van der Waals surface area contributed by atoms with E-state index in [9.17, 15) is 0 Å². The number of nitrogens with one attached hydrogen (secondary N) is 1. The number of rotatable bonds is 4. The summed E-state index contributed by atoms with van der Waals surface area (Å²) >= 11 is 3.55. The van der Waals surface area contributed by atoms with Crippen LogP contribution in [0.5, 0.6) is 11.5 Å². The number of fused-ring (bicyclic) bond motifs is 1. The maximum atomic E-state index is 8.93. The largest absolute Gasteiger partial charge is 0.490 e. The number of benzene rings is 2. The van der Waals surface area contributed by atoms with Gasteiger partial charge in [0.05, 0.1) is 29.3 Å². The van der Waals surface area contributed by atoms with E-state index < -0.39 is 0 Å². The van der Waals surface area contributed by atoms with Crippen LogP contribution in [0, 0.1) is 11.3 Å². The topological polar surface area (TPSA) is 54.3 Å². The Bertz CT molecular complexity index is 740. The average molecular weight is 373 g/mol. The predicted molar refractivity (Wildman–Crippen MR) is 91.4 cm³/mol. The molecule has 2 aromatic carbocycles. The van der Waals surface area contributed by atoms with Crippen molar-refractivity contribution in [3.63, 3.8) is 0 Å². The van der Waals surface area contributed by atoms with Crippen LogP contribution in [-0.2, 0) is 13.1 Å². The second-order valence-corrected chi connectivity index (χ2v) is 6.23. The first-order valence-corrected chi connectivity index (χ1v) is 8.33. The molecule has 0 aromatic heterocycles. The highest BCUT2D eigenvalue weighted by atomic mass is 79.9. The number of halogens is 1.